The second kappa shape index (κ2) is 9.63. The molecule has 0 unspecified atom stereocenters. The molecule has 10 heteroatoms. The number of amides is 1. The zero-order valence-corrected chi connectivity index (χ0v) is 19.8. The van der Waals surface area contributed by atoms with Gasteiger partial charge in [-0.1, -0.05) is 70.8 Å². The van der Waals surface area contributed by atoms with Gasteiger partial charge in [-0.2, -0.15) is 0 Å². The third-order valence-corrected chi connectivity index (χ3v) is 7.33. The lowest BCUT2D eigenvalue weighted by Gasteiger charge is -2.09. The van der Waals surface area contributed by atoms with Crippen LogP contribution in [0.4, 0.5) is 5.69 Å². The number of allylic oxidation sites excluding steroid dienone is 1. The molecule has 0 bridgehead atoms. The van der Waals surface area contributed by atoms with Crippen molar-refractivity contribution in [1.29, 1.82) is 0 Å². The SMILES string of the molecule is C=CCn1c(SCC(=O)Nc2cc(Cl)c(Cl)cc2Cl)nnc1-c1csc2ccccc12. The summed E-state index contributed by atoms with van der Waals surface area (Å²) in [5, 5.41) is 16.2. The van der Waals surface area contributed by atoms with Crippen molar-refractivity contribution in [3.63, 3.8) is 0 Å². The standard InChI is InChI=1S/C21H15Cl3N4OS2/c1-2-7-28-20(13-10-30-18-6-4-3-5-12(13)18)26-27-21(28)31-11-19(29)25-17-9-15(23)14(22)8-16(17)24/h2-6,8-10H,1,7,11H2,(H,25,29). The number of fused-ring (bicyclic) bond motifs is 1. The lowest BCUT2D eigenvalue weighted by atomic mass is 10.1. The minimum absolute atomic E-state index is 0.121. The first-order valence-corrected chi connectivity index (χ1v) is 12.1. The zero-order chi connectivity index (χ0) is 22.0. The van der Waals surface area contributed by atoms with E-state index in [4.69, 9.17) is 34.8 Å². The molecule has 31 heavy (non-hydrogen) atoms. The molecular formula is C21H15Cl3N4OS2. The Bertz CT molecular complexity index is 1290. The van der Waals surface area contributed by atoms with Crippen molar-refractivity contribution >= 4 is 79.6 Å². The number of benzene rings is 2. The van der Waals surface area contributed by atoms with Gasteiger partial charge >= 0.3 is 0 Å². The minimum Gasteiger partial charge on any atom is -0.324 e. The van der Waals surface area contributed by atoms with Gasteiger partial charge in [-0.15, -0.1) is 28.1 Å². The van der Waals surface area contributed by atoms with Crippen molar-refractivity contribution < 1.29 is 4.79 Å². The maximum Gasteiger partial charge on any atom is 0.234 e. The lowest BCUT2D eigenvalue weighted by Crippen LogP contribution is -2.15. The summed E-state index contributed by atoms with van der Waals surface area (Å²) >= 11 is 21.0. The van der Waals surface area contributed by atoms with Crippen LogP contribution in [0.3, 0.4) is 0 Å². The zero-order valence-electron chi connectivity index (χ0n) is 15.9. The van der Waals surface area contributed by atoms with E-state index in [0.717, 1.165) is 16.8 Å². The number of rotatable bonds is 7. The van der Waals surface area contributed by atoms with E-state index in [1.54, 1.807) is 17.4 Å². The fourth-order valence-electron chi connectivity index (χ4n) is 2.97. The van der Waals surface area contributed by atoms with Crippen molar-refractivity contribution in [2.45, 2.75) is 11.7 Å². The molecule has 0 aliphatic heterocycles. The smallest absolute Gasteiger partial charge is 0.234 e. The van der Waals surface area contributed by atoms with E-state index in [9.17, 15) is 4.79 Å². The molecule has 5 nitrogen and oxygen atoms in total. The Morgan fingerprint density at radius 1 is 1.16 bits per heavy atom. The molecular weight excluding hydrogens is 495 g/mol. The van der Waals surface area contributed by atoms with Crippen LogP contribution < -0.4 is 5.32 Å². The van der Waals surface area contributed by atoms with E-state index < -0.39 is 0 Å². The number of nitrogens with zero attached hydrogens (tertiary/aromatic N) is 3. The number of anilines is 1. The molecule has 0 aliphatic carbocycles. The molecule has 2 aromatic heterocycles. The summed E-state index contributed by atoms with van der Waals surface area (Å²) in [5.41, 5.74) is 1.41. The summed E-state index contributed by atoms with van der Waals surface area (Å²) in [6, 6.07) is 11.2. The Morgan fingerprint density at radius 2 is 1.94 bits per heavy atom. The van der Waals surface area contributed by atoms with Crippen LogP contribution in [0.2, 0.25) is 15.1 Å². The van der Waals surface area contributed by atoms with E-state index in [1.807, 2.05) is 16.7 Å². The summed E-state index contributed by atoms with van der Waals surface area (Å²) in [6.45, 7) is 4.36. The first-order valence-electron chi connectivity index (χ1n) is 9.06. The van der Waals surface area contributed by atoms with Crippen LogP contribution in [0.1, 0.15) is 0 Å². The number of halogens is 3. The number of aromatic nitrogens is 3. The molecule has 158 valence electrons. The van der Waals surface area contributed by atoms with E-state index >= 15 is 0 Å². The predicted molar refractivity (Wildman–Crippen MR) is 132 cm³/mol. The third-order valence-electron chi connectivity index (χ3n) is 4.37. The molecule has 4 aromatic rings. The van der Waals surface area contributed by atoms with Gasteiger partial charge in [0.15, 0.2) is 11.0 Å². The van der Waals surface area contributed by atoms with Crippen LogP contribution in [-0.4, -0.2) is 26.4 Å². The van der Waals surface area contributed by atoms with Crippen LogP contribution in [-0.2, 0) is 11.3 Å². The summed E-state index contributed by atoms with van der Waals surface area (Å²) in [4.78, 5) is 12.5. The van der Waals surface area contributed by atoms with Gasteiger partial charge in [0, 0.05) is 27.6 Å². The molecule has 2 heterocycles. The molecule has 1 amide bonds. The highest BCUT2D eigenvalue weighted by atomic mass is 35.5. The fourth-order valence-corrected chi connectivity index (χ4v) is 5.26. The molecule has 0 saturated heterocycles. The Balaban J connectivity index is 1.53. The molecule has 2 aromatic carbocycles. The molecule has 0 atom stereocenters. The minimum atomic E-state index is -0.249. The highest BCUT2D eigenvalue weighted by Crippen LogP contribution is 2.35. The number of carbonyl (C=O) groups excluding carboxylic acids is 1. The van der Waals surface area contributed by atoms with Crippen molar-refractivity contribution in [2.24, 2.45) is 0 Å². The van der Waals surface area contributed by atoms with Gasteiger partial charge in [0.25, 0.3) is 0 Å². The molecule has 4 rings (SSSR count). The predicted octanol–water partition coefficient (Wildman–Crippen LogP) is 7.04. The van der Waals surface area contributed by atoms with Crippen LogP contribution in [0.25, 0.3) is 21.5 Å². The normalized spacial score (nSPS) is 11.1. The Kier molecular flexibility index (Phi) is 6.89. The summed E-state index contributed by atoms with van der Waals surface area (Å²) < 4.78 is 3.13. The summed E-state index contributed by atoms with van der Waals surface area (Å²) in [7, 11) is 0. The van der Waals surface area contributed by atoms with E-state index in [1.165, 1.54) is 28.6 Å². The van der Waals surface area contributed by atoms with Crippen LogP contribution in [0.5, 0.6) is 0 Å². The van der Waals surface area contributed by atoms with Gasteiger partial charge in [-0.05, 0) is 18.2 Å². The molecule has 0 fully saturated rings. The molecule has 0 saturated carbocycles. The van der Waals surface area contributed by atoms with Gasteiger partial charge < -0.3 is 5.32 Å². The summed E-state index contributed by atoms with van der Waals surface area (Å²) in [5.74, 6) is 0.615. The van der Waals surface area contributed by atoms with E-state index in [2.05, 4.69) is 39.6 Å². The largest absolute Gasteiger partial charge is 0.324 e. The highest BCUT2D eigenvalue weighted by molar-refractivity contribution is 7.99. The maximum atomic E-state index is 12.5. The Labute approximate surface area is 202 Å². The Hall–Kier alpha value is -2.03. The number of hydrogen-bond acceptors (Lipinski definition) is 5. The monoisotopic (exact) mass is 508 g/mol. The first kappa shape index (κ1) is 22.2. The van der Waals surface area contributed by atoms with Crippen molar-refractivity contribution in [1.82, 2.24) is 14.8 Å². The second-order valence-electron chi connectivity index (χ2n) is 6.43. The van der Waals surface area contributed by atoms with Crippen molar-refractivity contribution in [3.05, 3.63) is 69.5 Å². The number of thiophene rings is 1. The fraction of sp³-hybridized carbons (Fsp3) is 0.0952. The number of carbonyl (C=O) groups is 1. The van der Waals surface area contributed by atoms with Crippen LogP contribution >= 0.6 is 57.9 Å². The summed E-state index contributed by atoms with van der Waals surface area (Å²) in [6.07, 6.45) is 1.78. The van der Waals surface area contributed by atoms with E-state index in [-0.39, 0.29) is 11.7 Å². The molecule has 0 radical (unpaired) electrons. The quantitative estimate of drug-likeness (QED) is 0.165. The van der Waals surface area contributed by atoms with Gasteiger partial charge in [0.2, 0.25) is 5.91 Å². The average molecular weight is 510 g/mol. The Morgan fingerprint density at radius 3 is 2.74 bits per heavy atom. The number of nitrogens with one attached hydrogen (secondary N) is 1. The molecule has 0 spiro atoms. The van der Waals surface area contributed by atoms with Gasteiger partial charge in [0.05, 0.1) is 26.5 Å². The van der Waals surface area contributed by atoms with Gasteiger partial charge in [-0.25, -0.2) is 0 Å². The maximum absolute atomic E-state index is 12.5. The third kappa shape index (κ3) is 4.76. The molecule has 0 aliphatic rings. The first-order chi connectivity index (χ1) is 15.0. The van der Waals surface area contributed by atoms with Crippen LogP contribution in [0.15, 0.2) is 59.6 Å². The molecule has 1 N–H and O–H groups in total. The number of thioether (sulfide) groups is 1. The van der Waals surface area contributed by atoms with E-state index in [0.29, 0.717) is 32.5 Å². The lowest BCUT2D eigenvalue weighted by molar-refractivity contribution is -0.113. The van der Waals surface area contributed by atoms with Crippen molar-refractivity contribution in [3.8, 4) is 11.4 Å². The topological polar surface area (TPSA) is 59.8 Å². The average Bonchev–Trinajstić information content (AvgIpc) is 3.34. The van der Waals surface area contributed by atoms with Gasteiger partial charge in [0.1, 0.15) is 0 Å². The van der Waals surface area contributed by atoms with Crippen molar-refractivity contribution in [2.75, 3.05) is 11.1 Å². The second-order valence-corrected chi connectivity index (χ2v) is 9.51. The van der Waals surface area contributed by atoms with Crippen LogP contribution in [0, 0.1) is 0 Å². The number of hydrogen-bond donors (Lipinski definition) is 1. The highest BCUT2D eigenvalue weighted by Gasteiger charge is 2.18. The van der Waals surface area contributed by atoms with Gasteiger partial charge in [-0.3, -0.25) is 9.36 Å².